The normalized spacial score (nSPS) is 14.9. The summed E-state index contributed by atoms with van der Waals surface area (Å²) >= 11 is 0. The molecule has 4 N–H and O–H groups in total. The van der Waals surface area contributed by atoms with Crippen LogP contribution in [0.2, 0.25) is 39.3 Å². The van der Waals surface area contributed by atoms with E-state index < -0.39 is 27.8 Å². The average molecular weight is 1200 g/mol. The van der Waals surface area contributed by atoms with Crippen molar-refractivity contribution in [3.05, 3.63) is 184 Å². The Labute approximate surface area is 461 Å². The van der Waals surface area contributed by atoms with Gasteiger partial charge in [0.2, 0.25) is 0 Å². The van der Waals surface area contributed by atoms with Gasteiger partial charge in [0.1, 0.15) is 23.1 Å². The fourth-order valence-corrected chi connectivity index (χ4v) is 13.4. The number of hydrogen-bond acceptors (Lipinski definition) is 2. The number of nitrogens with zero attached hydrogens (tertiary/aromatic N) is 2. The fourth-order valence-electron chi connectivity index (χ4n) is 11.1. The van der Waals surface area contributed by atoms with Gasteiger partial charge in [-0.2, -0.15) is 0 Å². The number of para-hydroxylation sites is 4. The summed E-state index contributed by atoms with van der Waals surface area (Å²) in [5.74, 6) is 1.01. The number of rotatable bonds is 12. The van der Waals surface area contributed by atoms with Gasteiger partial charge in [-0.05, 0) is 73.5 Å². The summed E-state index contributed by atoms with van der Waals surface area (Å²) in [4.78, 5) is 0. The van der Waals surface area contributed by atoms with E-state index in [2.05, 4.69) is 121 Å². The van der Waals surface area contributed by atoms with E-state index in [0.29, 0.717) is 58.3 Å². The van der Waals surface area contributed by atoms with Gasteiger partial charge in [0.05, 0.1) is 60.7 Å². The predicted molar refractivity (Wildman–Crippen MR) is 313 cm³/mol. The zero-order chi connectivity index (χ0) is 50.1. The summed E-state index contributed by atoms with van der Waals surface area (Å²) in [6.07, 6.45) is 4.07. The van der Waals surface area contributed by atoms with Crippen molar-refractivity contribution in [3.8, 4) is 56.6 Å². The van der Waals surface area contributed by atoms with E-state index in [1.165, 1.54) is 24.3 Å². The molecule has 2 heterocycles. The van der Waals surface area contributed by atoms with Crippen LogP contribution in [-0.4, -0.2) is 58.2 Å². The van der Waals surface area contributed by atoms with Crippen LogP contribution in [-0.2, 0) is 25.8 Å². The molecule has 384 valence electrons. The van der Waals surface area contributed by atoms with Gasteiger partial charge in [-0.1, -0.05) is 147 Å². The number of phenols is 2. The van der Waals surface area contributed by atoms with E-state index in [4.69, 9.17) is 9.47 Å². The minimum absolute atomic E-state index is 0. The molecule has 1 fully saturated rings. The molecule has 0 amide bonds. The van der Waals surface area contributed by atoms with Crippen molar-refractivity contribution < 1.29 is 54.3 Å². The first-order valence-corrected chi connectivity index (χ1v) is 32.3. The second-order valence-corrected chi connectivity index (χ2v) is 32.0. The monoisotopic (exact) mass is 1200 g/mol. The molecular formula is C64H68F2HfN2O4Si2. The number of hydrogen-bond donors (Lipinski definition) is 2. The van der Waals surface area contributed by atoms with Crippen LogP contribution in [0.25, 0.3) is 77.2 Å². The van der Waals surface area contributed by atoms with E-state index in [1.807, 2.05) is 48.5 Å². The minimum atomic E-state index is -1.99. The fraction of sp³-hybridized carbons (Fsp3) is 0.219. The molecule has 0 radical (unpaired) electrons. The number of aromatic nitrogens is 2. The molecule has 6 nitrogen and oxygen atoms in total. The molecule has 1 saturated carbocycles. The molecule has 1 aliphatic carbocycles. The molecule has 0 bridgehead atoms. The van der Waals surface area contributed by atoms with Crippen molar-refractivity contribution in [1.29, 1.82) is 0 Å². The molecule has 2 atom stereocenters. The molecule has 1 aliphatic rings. The van der Waals surface area contributed by atoms with Crippen molar-refractivity contribution in [2.75, 3.05) is 13.2 Å². The minimum Gasteiger partial charge on any atom is -0.582 e. The Morgan fingerprint density at radius 2 is 0.773 bits per heavy atom. The van der Waals surface area contributed by atoms with Crippen molar-refractivity contribution in [2.24, 2.45) is 11.8 Å². The molecular weight excluding hydrogens is 1130 g/mol. The molecule has 8 aromatic carbocycles. The molecule has 0 aliphatic heterocycles. The first kappa shape index (κ1) is 55.0. The third-order valence-corrected chi connectivity index (χ3v) is 19.2. The van der Waals surface area contributed by atoms with Gasteiger partial charge in [-0.25, -0.2) is 8.78 Å². The Balaban J connectivity index is 0.00000249. The molecule has 2 aromatic heterocycles. The third kappa shape index (κ3) is 10.3. The Kier molecular flexibility index (Phi) is 15.9. The number of ether oxygens (including phenoxy) is 2. The molecule has 0 spiro atoms. The van der Waals surface area contributed by atoms with Crippen molar-refractivity contribution in [3.63, 3.8) is 0 Å². The second kappa shape index (κ2) is 21.8. The quantitative estimate of drug-likeness (QED) is 0.0726. The molecule has 11 heteroatoms. The van der Waals surface area contributed by atoms with Crippen LogP contribution in [0.4, 0.5) is 8.78 Å². The standard InChI is InChI=1S/C62H60F2N2O4Si2.2CH3.Hf/c1-71(2,3)43-33-51(61(67)57(35-43)65-53-23-13-9-19-45(53)46-20-10-14-24-54(46)65)49-31-41(63)27-29-59(49)69-37-39-17-7-8-18-40(39)38-70-60-30-28-42(64)32-50(60)52-34-44(72(4,5)6)36-58(62(52)68)66-55-25-15-11-21-47(55)48-22-12-16-26-56(48)66;;;/h9-16,19-36,39-40,67-68H,7-8,17-18,37-38H2,1-6H3;2*1H3;/q;2*-1;/p+2/t39-,40?;;;/m0.../s1. The van der Waals surface area contributed by atoms with Gasteiger partial charge in [-0.3, -0.25) is 0 Å². The van der Waals surface area contributed by atoms with Crippen LogP contribution in [0.5, 0.6) is 23.0 Å². The van der Waals surface area contributed by atoms with Crippen LogP contribution >= 0.6 is 0 Å². The molecule has 75 heavy (non-hydrogen) atoms. The zero-order valence-corrected chi connectivity index (χ0v) is 49.9. The first-order valence-electron chi connectivity index (χ1n) is 25.3. The molecule has 11 rings (SSSR count). The largest absolute Gasteiger partial charge is 0.582 e. The summed E-state index contributed by atoms with van der Waals surface area (Å²) < 4.78 is 45.9. The average Bonchev–Trinajstić information content (AvgIpc) is 3.88. The number of aromatic hydroxyl groups is 4. The van der Waals surface area contributed by atoms with Crippen LogP contribution in [0.1, 0.15) is 25.7 Å². The molecule has 10 aromatic rings. The SMILES string of the molecule is C[Si](C)(C)c1cc(-c2cc(F)ccc2[OH+]CC2CCCC[C@H]2C[OH+]c2ccc(F)cc2-c2cc([Si](C)(C)C)cc(-n3c4ccccc4c4ccccc43)c2O)c(O)c(-n2c3ccccc3c3ccccc32)c1.[CH3-].[CH3-].[Hf]. The summed E-state index contributed by atoms with van der Waals surface area (Å²) in [6, 6.07) is 50.8. The molecule has 0 saturated heterocycles. The summed E-state index contributed by atoms with van der Waals surface area (Å²) in [5, 5.41) is 31.6. The van der Waals surface area contributed by atoms with E-state index in [1.54, 1.807) is 12.1 Å². The number of benzene rings is 8. The number of aliphatic hydroxyl groups is 2. The van der Waals surface area contributed by atoms with Gasteiger partial charge in [0.15, 0.2) is 13.2 Å². The van der Waals surface area contributed by atoms with Gasteiger partial charge in [0, 0.05) is 82.5 Å². The Hall–Kier alpha value is -6.28. The maximum Gasteiger partial charge on any atom is 0.262 e. The van der Waals surface area contributed by atoms with E-state index in [9.17, 15) is 10.2 Å². The van der Waals surface area contributed by atoms with Crippen LogP contribution < -0.4 is 10.4 Å². The van der Waals surface area contributed by atoms with Crippen LogP contribution in [0, 0.1) is 38.3 Å². The van der Waals surface area contributed by atoms with Crippen molar-refractivity contribution >= 4 is 70.1 Å². The van der Waals surface area contributed by atoms with Crippen molar-refractivity contribution in [2.45, 2.75) is 65.0 Å². The number of phenolic OH excluding ortho intramolecular Hbond substituents is 2. The predicted octanol–water partition coefficient (Wildman–Crippen LogP) is 15.9. The van der Waals surface area contributed by atoms with Crippen LogP contribution in [0.3, 0.4) is 0 Å². The topological polar surface area (TPSA) is 75.9 Å². The van der Waals surface area contributed by atoms with Crippen LogP contribution in [0.15, 0.2) is 158 Å². The Bertz CT molecular complexity index is 3370. The smallest absolute Gasteiger partial charge is 0.262 e. The van der Waals surface area contributed by atoms with Gasteiger partial charge in [-0.15, -0.1) is 0 Å². The third-order valence-electron chi connectivity index (χ3n) is 15.1. The summed E-state index contributed by atoms with van der Waals surface area (Å²) in [7, 11) is -3.99. The maximum absolute atomic E-state index is 15.5. The summed E-state index contributed by atoms with van der Waals surface area (Å²) in [5.41, 5.74) is 7.51. The number of fused-ring (bicyclic) bond motifs is 6. The van der Waals surface area contributed by atoms with Crippen molar-refractivity contribution in [1.82, 2.24) is 9.13 Å². The van der Waals surface area contributed by atoms with E-state index >= 15 is 8.78 Å². The van der Waals surface area contributed by atoms with Gasteiger partial charge in [0.25, 0.3) is 11.5 Å². The maximum atomic E-state index is 15.5. The van der Waals surface area contributed by atoms with E-state index in [-0.39, 0.29) is 64.0 Å². The molecule has 1 unspecified atom stereocenters. The first-order chi connectivity index (χ1) is 34.6. The van der Waals surface area contributed by atoms with Gasteiger partial charge >= 0.3 is 0 Å². The van der Waals surface area contributed by atoms with Gasteiger partial charge < -0.3 is 43.7 Å². The van der Waals surface area contributed by atoms with E-state index in [0.717, 1.165) is 79.7 Å². The second-order valence-electron chi connectivity index (χ2n) is 21.8. The Morgan fingerprint density at radius 1 is 0.453 bits per heavy atom. The summed E-state index contributed by atoms with van der Waals surface area (Å²) in [6.45, 7) is 14.7. The Morgan fingerprint density at radius 3 is 1.09 bits per heavy atom. The zero-order valence-electron chi connectivity index (χ0n) is 44.3. The number of halogens is 2.